The molecule has 0 aliphatic carbocycles. The summed E-state index contributed by atoms with van der Waals surface area (Å²) in [6.45, 7) is 2.02. The average Bonchev–Trinajstić information content (AvgIpc) is 2.44. The number of rotatable bonds is 2. The average molecular weight is 268 g/mol. The molecule has 1 N–H and O–H groups in total. The molecule has 3 rings (SSSR count). The second kappa shape index (κ2) is 4.94. The van der Waals surface area contributed by atoms with Gasteiger partial charge in [-0.3, -0.25) is 0 Å². The first kappa shape index (κ1) is 12.1. The Kier molecular flexibility index (Phi) is 3.14. The minimum absolute atomic E-state index is 0.783. The monoisotopic (exact) mass is 267 g/mol. The Morgan fingerprint density at radius 3 is 2.37 bits per heavy atom. The van der Waals surface area contributed by atoms with Crippen molar-refractivity contribution in [3.05, 3.63) is 71.2 Å². The van der Waals surface area contributed by atoms with Crippen molar-refractivity contribution in [1.29, 1.82) is 0 Å². The molecule has 3 aromatic carbocycles. The van der Waals surface area contributed by atoms with Gasteiger partial charge in [0, 0.05) is 21.8 Å². The van der Waals surface area contributed by atoms with Gasteiger partial charge in [-0.15, -0.1) is 0 Å². The van der Waals surface area contributed by atoms with Crippen molar-refractivity contribution >= 4 is 33.7 Å². The molecule has 1 nitrogen and oxygen atoms in total. The first-order valence-electron chi connectivity index (χ1n) is 6.25. The third kappa shape index (κ3) is 2.29. The highest BCUT2D eigenvalue weighted by Gasteiger charge is 2.04. The molecule has 0 aromatic heterocycles. The molecule has 0 aliphatic heterocycles. The fourth-order valence-electron chi connectivity index (χ4n) is 2.22. The molecule has 0 amide bonds. The van der Waals surface area contributed by atoms with E-state index >= 15 is 0 Å². The van der Waals surface area contributed by atoms with Crippen molar-refractivity contribution in [1.82, 2.24) is 0 Å². The highest BCUT2D eigenvalue weighted by Crippen LogP contribution is 2.30. The Balaban J connectivity index is 2.09. The molecule has 0 fully saturated rings. The number of hydrogen-bond donors (Lipinski definition) is 1. The second-order valence-electron chi connectivity index (χ2n) is 4.56. The van der Waals surface area contributed by atoms with E-state index in [1.54, 1.807) is 0 Å². The molecular weight excluding hydrogens is 254 g/mol. The van der Waals surface area contributed by atoms with E-state index in [9.17, 15) is 0 Å². The summed E-state index contributed by atoms with van der Waals surface area (Å²) in [5.74, 6) is 0. The van der Waals surface area contributed by atoms with Crippen LogP contribution in [0.2, 0.25) is 5.02 Å². The summed E-state index contributed by atoms with van der Waals surface area (Å²) in [6, 6.07) is 20.5. The van der Waals surface area contributed by atoms with E-state index < -0.39 is 0 Å². The first-order chi connectivity index (χ1) is 9.25. The highest BCUT2D eigenvalue weighted by atomic mass is 35.5. The maximum absolute atomic E-state index is 6.16. The molecule has 0 bridgehead atoms. The topological polar surface area (TPSA) is 12.0 Å². The summed E-state index contributed by atoms with van der Waals surface area (Å²) in [5, 5.41) is 6.70. The van der Waals surface area contributed by atoms with Crippen molar-refractivity contribution in [2.45, 2.75) is 6.92 Å². The van der Waals surface area contributed by atoms with Crippen molar-refractivity contribution in [3.63, 3.8) is 0 Å². The third-order valence-electron chi connectivity index (χ3n) is 3.33. The molecule has 94 valence electrons. The summed E-state index contributed by atoms with van der Waals surface area (Å²) < 4.78 is 0. The van der Waals surface area contributed by atoms with Gasteiger partial charge in [0.05, 0.1) is 0 Å². The van der Waals surface area contributed by atoms with Crippen LogP contribution in [0.5, 0.6) is 0 Å². The molecule has 0 saturated carbocycles. The van der Waals surface area contributed by atoms with Crippen LogP contribution in [0.15, 0.2) is 60.7 Å². The lowest BCUT2D eigenvalue weighted by Crippen LogP contribution is -1.94. The van der Waals surface area contributed by atoms with Gasteiger partial charge in [-0.2, -0.15) is 0 Å². The van der Waals surface area contributed by atoms with E-state index in [4.69, 9.17) is 11.6 Å². The first-order valence-corrected chi connectivity index (χ1v) is 6.63. The Bertz CT molecular complexity index is 729. The number of benzene rings is 3. The predicted molar refractivity (Wildman–Crippen MR) is 83.4 cm³/mol. The van der Waals surface area contributed by atoms with E-state index in [-0.39, 0.29) is 0 Å². The van der Waals surface area contributed by atoms with Crippen molar-refractivity contribution in [3.8, 4) is 0 Å². The van der Waals surface area contributed by atoms with Gasteiger partial charge >= 0.3 is 0 Å². The van der Waals surface area contributed by atoms with Crippen LogP contribution >= 0.6 is 11.6 Å². The number of halogens is 1. The number of anilines is 2. The number of nitrogens with one attached hydrogen (secondary N) is 1. The lowest BCUT2D eigenvalue weighted by molar-refractivity contribution is 1.44. The Labute approximate surface area is 117 Å². The molecule has 19 heavy (non-hydrogen) atoms. The van der Waals surface area contributed by atoms with Gasteiger partial charge in [0.1, 0.15) is 0 Å². The zero-order valence-electron chi connectivity index (χ0n) is 10.7. The zero-order valence-corrected chi connectivity index (χ0v) is 11.4. The molecular formula is C17H14ClN. The van der Waals surface area contributed by atoms with Crippen LogP contribution in [-0.4, -0.2) is 0 Å². The summed E-state index contributed by atoms with van der Waals surface area (Å²) in [4.78, 5) is 0. The van der Waals surface area contributed by atoms with Crippen molar-refractivity contribution < 1.29 is 0 Å². The maximum Gasteiger partial charge on any atom is 0.0463 e. The Morgan fingerprint density at radius 2 is 1.47 bits per heavy atom. The largest absolute Gasteiger partial charge is 0.355 e. The zero-order chi connectivity index (χ0) is 13.2. The van der Waals surface area contributed by atoms with Crippen LogP contribution in [0.4, 0.5) is 11.4 Å². The van der Waals surface area contributed by atoms with E-state index in [1.807, 2.05) is 25.1 Å². The van der Waals surface area contributed by atoms with Crippen LogP contribution in [-0.2, 0) is 0 Å². The summed E-state index contributed by atoms with van der Waals surface area (Å²) in [5.41, 5.74) is 3.21. The molecule has 2 heteroatoms. The van der Waals surface area contributed by atoms with Gasteiger partial charge < -0.3 is 5.32 Å². The second-order valence-corrected chi connectivity index (χ2v) is 4.97. The summed E-state index contributed by atoms with van der Waals surface area (Å²) in [7, 11) is 0. The lowest BCUT2D eigenvalue weighted by atomic mass is 10.1. The molecule has 0 saturated heterocycles. The Morgan fingerprint density at radius 1 is 0.789 bits per heavy atom. The number of fused-ring (bicyclic) bond motifs is 1. The summed E-state index contributed by atoms with van der Waals surface area (Å²) >= 11 is 6.16. The fraction of sp³-hybridized carbons (Fsp3) is 0.0588. The van der Waals surface area contributed by atoms with Crippen LogP contribution < -0.4 is 5.32 Å². The molecule has 0 radical (unpaired) electrons. The maximum atomic E-state index is 6.16. The minimum Gasteiger partial charge on any atom is -0.355 e. The van der Waals surface area contributed by atoms with Crippen LogP contribution in [0.3, 0.4) is 0 Å². The molecule has 0 spiro atoms. The van der Waals surface area contributed by atoms with Crippen molar-refractivity contribution in [2.75, 3.05) is 5.32 Å². The van der Waals surface area contributed by atoms with Crippen LogP contribution in [0.1, 0.15) is 5.56 Å². The van der Waals surface area contributed by atoms with E-state index in [0.717, 1.165) is 22.0 Å². The van der Waals surface area contributed by atoms with Gasteiger partial charge in [-0.25, -0.2) is 0 Å². The van der Waals surface area contributed by atoms with Gasteiger partial charge in [0.15, 0.2) is 0 Å². The van der Waals surface area contributed by atoms with Gasteiger partial charge in [-0.1, -0.05) is 54.1 Å². The highest BCUT2D eigenvalue weighted by molar-refractivity contribution is 6.31. The van der Waals surface area contributed by atoms with Crippen LogP contribution in [0, 0.1) is 6.92 Å². The van der Waals surface area contributed by atoms with Gasteiger partial charge in [0.2, 0.25) is 0 Å². The van der Waals surface area contributed by atoms with Gasteiger partial charge in [0.25, 0.3) is 0 Å². The predicted octanol–water partition coefficient (Wildman–Crippen LogP) is 5.55. The molecule has 0 atom stereocenters. The minimum atomic E-state index is 0.783. The normalized spacial score (nSPS) is 10.6. The Hall–Kier alpha value is -1.99. The fourth-order valence-corrected chi connectivity index (χ4v) is 2.40. The molecule has 0 aliphatic rings. The van der Waals surface area contributed by atoms with E-state index in [0.29, 0.717) is 0 Å². The lowest BCUT2D eigenvalue weighted by Gasteiger charge is -2.12. The van der Waals surface area contributed by atoms with Gasteiger partial charge in [-0.05, 0) is 36.1 Å². The summed E-state index contributed by atoms with van der Waals surface area (Å²) in [6.07, 6.45) is 0. The number of hydrogen-bond acceptors (Lipinski definition) is 1. The van der Waals surface area contributed by atoms with E-state index in [1.165, 1.54) is 10.8 Å². The van der Waals surface area contributed by atoms with Crippen LogP contribution in [0.25, 0.3) is 10.8 Å². The molecule has 0 heterocycles. The molecule has 0 unspecified atom stereocenters. The molecule has 3 aromatic rings. The van der Waals surface area contributed by atoms with Crippen molar-refractivity contribution in [2.24, 2.45) is 0 Å². The SMILES string of the molecule is Cc1c(Cl)cccc1Nc1cccc2ccccc12. The third-order valence-corrected chi connectivity index (χ3v) is 3.74. The smallest absolute Gasteiger partial charge is 0.0463 e. The van der Waals surface area contributed by atoms with E-state index in [2.05, 4.69) is 47.8 Å². The quantitative estimate of drug-likeness (QED) is 0.642. The standard InChI is InChI=1S/C17H14ClN/c1-12-15(18)9-5-10-16(12)19-17-11-4-7-13-6-2-3-8-14(13)17/h2-11,19H,1H3.